The predicted molar refractivity (Wildman–Crippen MR) is 51.6 cm³/mol. The topological polar surface area (TPSA) is 50.2 Å². The van der Waals surface area contributed by atoms with Gasteiger partial charge in [0.05, 0.1) is 15.1 Å². The zero-order chi connectivity index (χ0) is 9.30. The molecule has 0 aliphatic rings. The van der Waals surface area contributed by atoms with Crippen LogP contribution < -0.4 is 0 Å². The second-order valence-electron chi connectivity index (χ2n) is 1.89. The Kier molecular flexibility index (Phi) is 3.09. The highest BCUT2D eigenvalue weighted by Gasteiger charge is 2.15. The fraction of sp³-hybridized carbons (Fsp3) is 0. The molecule has 0 aromatic carbocycles. The molecule has 0 atom stereocenters. The van der Waals surface area contributed by atoms with Gasteiger partial charge >= 0.3 is 5.97 Å². The zero-order valence-corrected chi connectivity index (χ0v) is 9.44. The first-order chi connectivity index (χ1) is 5.54. The first-order valence-electron chi connectivity index (χ1n) is 2.77. The van der Waals surface area contributed by atoms with Gasteiger partial charge in [0, 0.05) is 6.20 Å². The molecular weight excluding hydrogens is 313 g/mol. The van der Waals surface area contributed by atoms with Gasteiger partial charge in [-0.2, -0.15) is 0 Å². The van der Waals surface area contributed by atoms with Gasteiger partial charge < -0.3 is 5.11 Å². The van der Waals surface area contributed by atoms with Crippen molar-refractivity contribution in [3.05, 3.63) is 25.9 Å². The standard InChI is InChI=1S/C6H2Br2ClNO2/c7-4-3(6(11)12)2(9)1-10-5(4)8/h1H,(H,11,12). The molecule has 0 aliphatic heterocycles. The van der Waals surface area contributed by atoms with Crippen molar-refractivity contribution in [2.75, 3.05) is 0 Å². The van der Waals surface area contributed by atoms with Crippen LogP contribution in [0, 0.1) is 0 Å². The summed E-state index contributed by atoms with van der Waals surface area (Å²) in [5, 5.41) is 8.82. The van der Waals surface area contributed by atoms with Crippen LogP contribution in [0.2, 0.25) is 5.02 Å². The van der Waals surface area contributed by atoms with Crippen LogP contribution in [-0.2, 0) is 0 Å². The van der Waals surface area contributed by atoms with Gasteiger partial charge in [-0.3, -0.25) is 0 Å². The third-order valence-corrected chi connectivity index (χ3v) is 3.34. The molecule has 0 saturated carbocycles. The van der Waals surface area contributed by atoms with E-state index in [0.29, 0.717) is 9.08 Å². The lowest BCUT2D eigenvalue weighted by molar-refractivity contribution is 0.0696. The van der Waals surface area contributed by atoms with Gasteiger partial charge in [-0.25, -0.2) is 9.78 Å². The molecule has 1 rings (SSSR count). The summed E-state index contributed by atoms with van der Waals surface area (Å²) in [6.07, 6.45) is 1.28. The molecule has 0 radical (unpaired) electrons. The molecule has 0 saturated heterocycles. The lowest BCUT2D eigenvalue weighted by Crippen LogP contribution is -2.00. The maximum atomic E-state index is 10.6. The molecule has 1 N–H and O–H groups in total. The number of rotatable bonds is 1. The summed E-state index contributed by atoms with van der Waals surface area (Å²) >= 11 is 11.7. The summed E-state index contributed by atoms with van der Waals surface area (Å²) < 4.78 is 0.770. The predicted octanol–water partition coefficient (Wildman–Crippen LogP) is 2.96. The number of pyridine rings is 1. The molecule has 12 heavy (non-hydrogen) atoms. The van der Waals surface area contributed by atoms with Crippen molar-refractivity contribution >= 4 is 49.4 Å². The fourth-order valence-electron chi connectivity index (χ4n) is 0.639. The number of aromatic carboxylic acids is 1. The van der Waals surface area contributed by atoms with Crippen LogP contribution in [0.25, 0.3) is 0 Å². The van der Waals surface area contributed by atoms with Crippen molar-refractivity contribution in [3.8, 4) is 0 Å². The summed E-state index contributed by atoms with van der Waals surface area (Å²) in [4.78, 5) is 14.4. The highest BCUT2D eigenvalue weighted by molar-refractivity contribution is 9.13. The number of carbonyl (C=O) groups is 1. The van der Waals surface area contributed by atoms with E-state index in [4.69, 9.17) is 16.7 Å². The summed E-state index contributed by atoms with van der Waals surface area (Å²) in [6.45, 7) is 0. The molecule has 0 bridgehead atoms. The van der Waals surface area contributed by atoms with E-state index < -0.39 is 5.97 Å². The SMILES string of the molecule is O=C(O)c1c(Cl)cnc(Br)c1Br. The van der Waals surface area contributed by atoms with E-state index in [1.165, 1.54) is 6.20 Å². The molecule has 6 heteroatoms. The third kappa shape index (κ3) is 1.78. The molecule has 1 aromatic heterocycles. The Morgan fingerprint density at radius 1 is 1.58 bits per heavy atom. The van der Waals surface area contributed by atoms with E-state index in [1.807, 2.05) is 0 Å². The number of nitrogens with zero attached hydrogens (tertiary/aromatic N) is 1. The Morgan fingerprint density at radius 2 is 2.17 bits per heavy atom. The molecule has 3 nitrogen and oxygen atoms in total. The van der Waals surface area contributed by atoms with Crippen molar-refractivity contribution in [1.82, 2.24) is 4.98 Å². The van der Waals surface area contributed by atoms with Crippen LogP contribution in [0.3, 0.4) is 0 Å². The molecule has 0 unspecified atom stereocenters. The summed E-state index contributed by atoms with van der Waals surface area (Å²) in [6, 6.07) is 0. The largest absolute Gasteiger partial charge is 0.478 e. The number of carboxylic acid groups (broad SMARTS) is 1. The molecule has 0 aliphatic carbocycles. The normalized spacial score (nSPS) is 9.92. The molecule has 1 heterocycles. The summed E-state index contributed by atoms with van der Waals surface area (Å²) in [5.74, 6) is -1.09. The van der Waals surface area contributed by atoms with Gasteiger partial charge in [0.2, 0.25) is 0 Å². The minimum absolute atomic E-state index is 0.0125. The van der Waals surface area contributed by atoms with E-state index in [9.17, 15) is 4.79 Å². The van der Waals surface area contributed by atoms with Gasteiger partial charge in [0.1, 0.15) is 4.60 Å². The van der Waals surface area contributed by atoms with Crippen LogP contribution in [0.15, 0.2) is 15.3 Å². The third-order valence-electron chi connectivity index (χ3n) is 1.14. The second-order valence-corrected chi connectivity index (χ2v) is 3.84. The van der Waals surface area contributed by atoms with Crippen LogP contribution >= 0.6 is 43.5 Å². The van der Waals surface area contributed by atoms with Crippen molar-refractivity contribution in [2.45, 2.75) is 0 Å². The Labute approximate surface area is 90.0 Å². The van der Waals surface area contributed by atoms with Crippen LogP contribution in [0.5, 0.6) is 0 Å². The van der Waals surface area contributed by atoms with Crippen molar-refractivity contribution < 1.29 is 9.90 Å². The number of aromatic nitrogens is 1. The number of carboxylic acids is 1. The quantitative estimate of drug-likeness (QED) is 0.811. The van der Waals surface area contributed by atoms with Gasteiger partial charge in [-0.15, -0.1) is 0 Å². The van der Waals surface area contributed by atoms with Crippen molar-refractivity contribution in [2.24, 2.45) is 0 Å². The maximum Gasteiger partial charge on any atom is 0.338 e. The zero-order valence-electron chi connectivity index (χ0n) is 5.51. The smallest absolute Gasteiger partial charge is 0.338 e. The summed E-state index contributed by atoms with van der Waals surface area (Å²) in [5.41, 5.74) is 0.0125. The Bertz CT molecular complexity index is 343. The highest BCUT2D eigenvalue weighted by Crippen LogP contribution is 2.29. The Morgan fingerprint density at radius 3 is 2.58 bits per heavy atom. The highest BCUT2D eigenvalue weighted by atomic mass is 79.9. The number of halogens is 3. The summed E-state index contributed by atoms with van der Waals surface area (Å²) in [7, 11) is 0. The lowest BCUT2D eigenvalue weighted by atomic mass is 10.3. The number of hydrogen-bond donors (Lipinski definition) is 1. The molecule has 0 spiro atoms. The van der Waals surface area contributed by atoms with E-state index >= 15 is 0 Å². The van der Waals surface area contributed by atoms with E-state index in [-0.39, 0.29) is 10.6 Å². The lowest BCUT2D eigenvalue weighted by Gasteiger charge is -2.01. The minimum atomic E-state index is -1.09. The van der Waals surface area contributed by atoms with Crippen LogP contribution in [-0.4, -0.2) is 16.1 Å². The van der Waals surface area contributed by atoms with Crippen molar-refractivity contribution in [3.63, 3.8) is 0 Å². The first kappa shape index (κ1) is 9.95. The van der Waals surface area contributed by atoms with E-state index in [0.717, 1.165) is 0 Å². The van der Waals surface area contributed by atoms with Crippen molar-refractivity contribution in [1.29, 1.82) is 0 Å². The van der Waals surface area contributed by atoms with Gasteiger partial charge in [-0.05, 0) is 31.9 Å². The Balaban J connectivity index is 3.43. The Hall–Kier alpha value is -0.130. The monoisotopic (exact) mass is 313 g/mol. The first-order valence-corrected chi connectivity index (χ1v) is 4.73. The van der Waals surface area contributed by atoms with Crippen LogP contribution in [0.1, 0.15) is 10.4 Å². The molecule has 64 valence electrons. The molecule has 0 fully saturated rings. The van der Waals surface area contributed by atoms with Gasteiger partial charge in [-0.1, -0.05) is 11.6 Å². The van der Waals surface area contributed by atoms with E-state index in [1.54, 1.807) is 0 Å². The maximum absolute atomic E-state index is 10.6. The van der Waals surface area contributed by atoms with Gasteiger partial charge in [0.15, 0.2) is 0 Å². The number of hydrogen-bond acceptors (Lipinski definition) is 2. The fourth-order valence-corrected chi connectivity index (χ4v) is 1.76. The average molecular weight is 315 g/mol. The van der Waals surface area contributed by atoms with Crippen LogP contribution in [0.4, 0.5) is 0 Å². The molecule has 0 amide bonds. The second kappa shape index (κ2) is 3.72. The van der Waals surface area contributed by atoms with E-state index in [2.05, 4.69) is 36.8 Å². The minimum Gasteiger partial charge on any atom is -0.478 e. The van der Waals surface area contributed by atoms with Gasteiger partial charge in [0.25, 0.3) is 0 Å². The average Bonchev–Trinajstić information content (AvgIpc) is 1.97. The molecule has 1 aromatic rings. The molecular formula is C6H2Br2ClNO2.